The number of hydrogen-bond acceptors (Lipinski definition) is 0. The molecule has 0 N–H and O–H groups in total. The van der Waals surface area contributed by atoms with Gasteiger partial charge >= 0.3 is 37.9 Å². The van der Waals surface area contributed by atoms with Crippen molar-refractivity contribution < 1.29 is 20.8 Å². The Morgan fingerprint density at radius 3 is 1.66 bits per heavy atom. The first-order valence-electron chi connectivity index (χ1n) is 17.8. The van der Waals surface area contributed by atoms with E-state index in [2.05, 4.69) is 183 Å². The van der Waals surface area contributed by atoms with Gasteiger partial charge in [-0.05, 0) is 34.4 Å². The third kappa shape index (κ3) is 11.8. The SMILES string of the molecule is CCCC(C)c1cc2c(-c3ccc(C(C)(C)C)cc3)cccc2[cH-]1.C[Si]C.Cc1cc2c(-c3ccc([Si](C)(C)C)cc3)cccc2[cH-]1.[Cl][Zr+2][Cl]. The first-order valence-corrected chi connectivity index (χ1v) is 29.6. The molecule has 0 bridgehead atoms. The van der Waals surface area contributed by atoms with Crippen LogP contribution in [0.1, 0.15) is 70.1 Å². The normalized spacial score (nSPS) is 11.8. The van der Waals surface area contributed by atoms with E-state index in [1.165, 1.54) is 78.5 Å². The summed E-state index contributed by atoms with van der Waals surface area (Å²) in [6.45, 7) is 25.1. The van der Waals surface area contributed by atoms with E-state index in [-0.39, 0.29) is 5.41 Å². The molecule has 0 spiro atoms. The molecule has 5 heteroatoms. The van der Waals surface area contributed by atoms with Crippen LogP contribution < -0.4 is 5.19 Å². The Hall–Kier alpha value is -2.00. The van der Waals surface area contributed by atoms with Crippen molar-refractivity contribution >= 4 is 61.4 Å². The van der Waals surface area contributed by atoms with Gasteiger partial charge in [-0.2, -0.15) is 12.1 Å². The molecule has 0 saturated carbocycles. The Morgan fingerprint density at radius 1 is 0.740 bits per heavy atom. The predicted octanol–water partition coefficient (Wildman–Crippen LogP) is 14.7. The second-order valence-electron chi connectivity index (χ2n) is 15.4. The molecule has 1 atom stereocenters. The van der Waals surface area contributed by atoms with Crippen LogP contribution in [-0.4, -0.2) is 17.6 Å². The van der Waals surface area contributed by atoms with Crippen LogP contribution in [0.5, 0.6) is 0 Å². The summed E-state index contributed by atoms with van der Waals surface area (Å²) in [7, 11) is 9.74. The summed E-state index contributed by atoms with van der Waals surface area (Å²) in [6, 6.07) is 40.9. The van der Waals surface area contributed by atoms with Crippen molar-refractivity contribution in [3.05, 3.63) is 126 Å². The van der Waals surface area contributed by atoms with Gasteiger partial charge in [-0.1, -0.05) is 158 Å². The van der Waals surface area contributed by atoms with E-state index in [0.29, 0.717) is 5.92 Å². The monoisotopic (exact) mass is 812 g/mol. The van der Waals surface area contributed by atoms with Gasteiger partial charge in [0.25, 0.3) is 0 Å². The molecule has 1 unspecified atom stereocenters. The van der Waals surface area contributed by atoms with Gasteiger partial charge < -0.3 is 0 Å². The van der Waals surface area contributed by atoms with E-state index in [1.54, 1.807) is 0 Å². The number of fused-ring (bicyclic) bond motifs is 2. The van der Waals surface area contributed by atoms with Crippen molar-refractivity contribution in [1.82, 2.24) is 0 Å². The van der Waals surface area contributed by atoms with Crippen LogP contribution in [0, 0.1) is 6.92 Å². The van der Waals surface area contributed by atoms with Crippen molar-refractivity contribution in [1.29, 1.82) is 0 Å². The summed E-state index contributed by atoms with van der Waals surface area (Å²) in [6.07, 6.45) is 2.50. The molecule has 6 rings (SSSR count). The quantitative estimate of drug-likeness (QED) is 0.116. The third-order valence-corrected chi connectivity index (χ3v) is 11.1. The molecule has 6 aromatic rings. The van der Waals surface area contributed by atoms with Crippen molar-refractivity contribution in [2.24, 2.45) is 0 Å². The molecule has 0 aliphatic carbocycles. The molecular weight excluding hydrogens is 759 g/mol. The first-order chi connectivity index (χ1) is 23.7. The van der Waals surface area contributed by atoms with Crippen LogP contribution in [0.15, 0.2) is 109 Å². The number of rotatable bonds is 6. The van der Waals surface area contributed by atoms with E-state index >= 15 is 0 Å². The van der Waals surface area contributed by atoms with Gasteiger partial charge in [0.05, 0.1) is 8.07 Å². The number of benzene rings is 4. The maximum absolute atomic E-state index is 4.93. The maximum atomic E-state index is 4.93. The minimum absolute atomic E-state index is 0.202. The molecule has 0 saturated heterocycles. The molecule has 6 aromatic carbocycles. The Kier molecular flexibility index (Phi) is 16.7. The standard InChI is InChI=1S/C24H29.C19H21Si.C2H6Si.2ClH.Zr/c1-6-8-17(2)20-15-19-9-7-10-22(23(19)16-20)18-11-13-21(14-12-18)24(3,4)5;1-14-12-16-6-5-7-18(19(16)13-14)15-8-10-17(11-9-15)20(2,3)4;1-3-2;;;/h7,9-17H,6,8H2,1-5H3;5-13H,1-4H3;1-2H3;2*1H;/q2*-1;;;;+4/p-2. The summed E-state index contributed by atoms with van der Waals surface area (Å²) in [5.41, 5.74) is 9.74. The van der Waals surface area contributed by atoms with E-state index in [0.717, 1.165) is 9.52 Å². The third-order valence-electron chi connectivity index (χ3n) is 9.08. The Morgan fingerprint density at radius 2 is 1.20 bits per heavy atom. The first kappa shape index (κ1) is 42.4. The molecule has 2 radical (unpaired) electrons. The van der Waals surface area contributed by atoms with Crippen LogP contribution in [0.25, 0.3) is 43.8 Å². The van der Waals surface area contributed by atoms with E-state index in [4.69, 9.17) is 17.0 Å². The molecule has 50 heavy (non-hydrogen) atoms. The van der Waals surface area contributed by atoms with E-state index < -0.39 is 28.9 Å². The van der Waals surface area contributed by atoms with Crippen LogP contribution in [-0.2, 0) is 26.3 Å². The summed E-state index contributed by atoms with van der Waals surface area (Å²) < 4.78 is 0. The summed E-state index contributed by atoms with van der Waals surface area (Å²) in [5, 5.41) is 6.98. The fourth-order valence-corrected chi connectivity index (χ4v) is 7.50. The molecule has 0 aromatic heterocycles. The van der Waals surface area contributed by atoms with Gasteiger partial charge in [-0.15, -0.1) is 69.1 Å². The number of hydrogen-bond donors (Lipinski definition) is 0. The average Bonchev–Trinajstić information content (AvgIpc) is 3.68. The number of aryl methyl sites for hydroxylation is 1. The van der Waals surface area contributed by atoms with Crippen LogP contribution in [0.2, 0.25) is 32.7 Å². The Labute approximate surface area is 326 Å². The summed E-state index contributed by atoms with van der Waals surface area (Å²) in [4.78, 5) is 0. The van der Waals surface area contributed by atoms with Crippen molar-refractivity contribution in [3.63, 3.8) is 0 Å². The van der Waals surface area contributed by atoms with Crippen molar-refractivity contribution in [2.75, 3.05) is 0 Å². The van der Waals surface area contributed by atoms with Gasteiger partial charge in [0.15, 0.2) is 0 Å². The van der Waals surface area contributed by atoms with Crippen molar-refractivity contribution in [3.8, 4) is 22.3 Å². The summed E-state index contributed by atoms with van der Waals surface area (Å²) >= 11 is -0.826. The van der Waals surface area contributed by atoms with E-state index in [1.807, 2.05) is 0 Å². The topological polar surface area (TPSA) is 0 Å². The predicted molar refractivity (Wildman–Crippen MR) is 229 cm³/mol. The van der Waals surface area contributed by atoms with Gasteiger partial charge in [-0.3, -0.25) is 0 Å². The zero-order chi connectivity index (χ0) is 37.1. The van der Waals surface area contributed by atoms with Gasteiger partial charge in [0, 0.05) is 9.52 Å². The second kappa shape index (κ2) is 19.7. The molecule has 0 nitrogen and oxygen atoms in total. The summed E-state index contributed by atoms with van der Waals surface area (Å²) in [5.74, 6) is 0.638. The van der Waals surface area contributed by atoms with Gasteiger partial charge in [0.2, 0.25) is 0 Å². The fourth-order valence-electron chi connectivity index (χ4n) is 6.33. The van der Waals surface area contributed by atoms with Crippen LogP contribution in [0.4, 0.5) is 0 Å². The molecular formula is C45H56Cl2Si2Zr. The minimum atomic E-state index is -1.21. The molecule has 262 valence electrons. The zero-order valence-electron chi connectivity index (χ0n) is 32.1. The zero-order valence-corrected chi connectivity index (χ0v) is 38.1. The molecule has 0 aliphatic rings. The van der Waals surface area contributed by atoms with Gasteiger partial charge in [0.1, 0.15) is 0 Å². The molecule has 0 aliphatic heterocycles. The Balaban J connectivity index is 0.000000236. The Bertz CT molecular complexity index is 1880. The van der Waals surface area contributed by atoms with Crippen LogP contribution >= 0.6 is 17.0 Å². The fraction of sp³-hybridized carbons (Fsp3) is 0.333. The van der Waals surface area contributed by atoms with Crippen molar-refractivity contribution in [2.45, 2.75) is 98.5 Å². The van der Waals surface area contributed by atoms with E-state index in [9.17, 15) is 0 Å². The van der Waals surface area contributed by atoms with Gasteiger partial charge in [-0.25, -0.2) is 0 Å². The van der Waals surface area contributed by atoms with Crippen LogP contribution in [0.3, 0.4) is 0 Å². The molecule has 0 heterocycles. The average molecular weight is 815 g/mol. The number of halogens is 2. The second-order valence-corrected chi connectivity index (χ2v) is 25.2. The molecule has 0 amide bonds. The molecule has 0 fully saturated rings.